The number of piperidine rings is 1. The van der Waals surface area contributed by atoms with E-state index in [0.29, 0.717) is 13.0 Å². The number of rotatable bonds is 3. The maximum Gasteiger partial charge on any atom is 0.222 e. The molecule has 1 aromatic heterocycles. The number of fused-ring (bicyclic) bond motifs is 1. The molecule has 3 rings (SSSR count). The third kappa shape index (κ3) is 3.60. The molecule has 1 saturated heterocycles. The number of likely N-dealkylation sites (tertiary alicyclic amines) is 1. The topological polar surface area (TPSA) is 78.4 Å². The molecule has 7 nitrogen and oxygen atoms in total. The van der Waals surface area contributed by atoms with E-state index in [4.69, 9.17) is 9.97 Å². The molecule has 25 heavy (non-hydrogen) atoms. The van der Waals surface area contributed by atoms with Crippen molar-refractivity contribution >= 4 is 17.6 Å². The van der Waals surface area contributed by atoms with Crippen LogP contribution in [0.5, 0.6) is 0 Å². The van der Waals surface area contributed by atoms with E-state index in [1.54, 1.807) is 6.92 Å². The molecular weight excluding hydrogens is 318 g/mol. The molecule has 1 aromatic rings. The number of aromatic nitrogens is 2. The third-order valence-electron chi connectivity index (χ3n) is 5.28. The van der Waals surface area contributed by atoms with Crippen LogP contribution in [0.2, 0.25) is 0 Å². The summed E-state index contributed by atoms with van der Waals surface area (Å²) >= 11 is 0. The first-order valence-corrected chi connectivity index (χ1v) is 9.14. The average Bonchev–Trinajstić information content (AvgIpc) is 2.65. The first kappa shape index (κ1) is 17.6. The fraction of sp³-hybridized carbons (Fsp3) is 0.667. The van der Waals surface area contributed by atoms with Gasteiger partial charge in [-0.25, -0.2) is 9.97 Å². The van der Waals surface area contributed by atoms with Crippen LogP contribution in [0.3, 0.4) is 0 Å². The quantitative estimate of drug-likeness (QED) is 0.899. The minimum atomic E-state index is 0.0863. The Bertz CT molecular complexity index is 668. The highest BCUT2D eigenvalue weighted by Gasteiger charge is 2.28. The van der Waals surface area contributed by atoms with Gasteiger partial charge in [0.05, 0.1) is 12.2 Å². The molecule has 0 spiro atoms. The Kier molecular flexibility index (Phi) is 5.20. The predicted octanol–water partition coefficient (Wildman–Crippen LogP) is 1.54. The molecule has 0 saturated carbocycles. The van der Waals surface area contributed by atoms with Crippen molar-refractivity contribution in [2.24, 2.45) is 0 Å². The Morgan fingerprint density at radius 3 is 2.48 bits per heavy atom. The highest BCUT2D eigenvalue weighted by atomic mass is 16.2. The smallest absolute Gasteiger partial charge is 0.222 e. The lowest BCUT2D eigenvalue weighted by Crippen LogP contribution is -2.38. The van der Waals surface area contributed by atoms with E-state index < -0.39 is 0 Å². The number of carbonyl (C=O) groups is 2. The van der Waals surface area contributed by atoms with Gasteiger partial charge in [0.15, 0.2) is 0 Å². The number of hydrogen-bond acceptors (Lipinski definition) is 5. The highest BCUT2D eigenvalue weighted by molar-refractivity contribution is 5.76. The number of amides is 2. The van der Waals surface area contributed by atoms with Gasteiger partial charge in [-0.2, -0.15) is 0 Å². The monoisotopic (exact) mass is 345 g/mol. The Labute approximate surface area is 148 Å². The lowest BCUT2D eigenvalue weighted by atomic mass is 9.95. The molecule has 0 aliphatic carbocycles. The van der Waals surface area contributed by atoms with Gasteiger partial charge in [-0.15, -0.1) is 0 Å². The maximum atomic E-state index is 11.8. The Balaban J connectivity index is 1.80. The number of carbonyl (C=O) groups excluding carboxylic acids is 2. The van der Waals surface area contributed by atoms with Crippen molar-refractivity contribution in [1.29, 1.82) is 0 Å². The molecule has 2 amide bonds. The van der Waals surface area contributed by atoms with Crippen molar-refractivity contribution in [3.05, 3.63) is 17.1 Å². The fourth-order valence-electron chi connectivity index (χ4n) is 3.72. The molecule has 3 heterocycles. The summed E-state index contributed by atoms with van der Waals surface area (Å²) in [7, 11) is 1.88. The van der Waals surface area contributed by atoms with Crippen molar-refractivity contribution < 1.29 is 9.59 Å². The van der Waals surface area contributed by atoms with E-state index in [-0.39, 0.29) is 17.7 Å². The van der Waals surface area contributed by atoms with Crippen LogP contribution >= 0.6 is 0 Å². The Morgan fingerprint density at radius 2 is 1.88 bits per heavy atom. The van der Waals surface area contributed by atoms with E-state index in [1.807, 2.05) is 23.8 Å². The van der Waals surface area contributed by atoms with Gasteiger partial charge in [0, 0.05) is 51.5 Å². The molecule has 0 radical (unpaired) electrons. The summed E-state index contributed by atoms with van der Waals surface area (Å²) in [6.07, 6.45) is 3.13. The van der Waals surface area contributed by atoms with Crippen molar-refractivity contribution in [2.75, 3.05) is 32.0 Å². The second-order valence-corrected chi connectivity index (χ2v) is 6.80. The predicted molar refractivity (Wildman–Crippen MR) is 95.2 cm³/mol. The summed E-state index contributed by atoms with van der Waals surface area (Å²) in [5, 5.41) is 3.20. The third-order valence-corrected chi connectivity index (χ3v) is 5.28. The molecule has 1 fully saturated rings. The number of nitrogens with one attached hydrogen (secondary N) is 1. The van der Waals surface area contributed by atoms with Gasteiger partial charge in [0.25, 0.3) is 0 Å². The first-order chi connectivity index (χ1) is 12.0. The molecule has 1 N–H and O–H groups in total. The second kappa shape index (κ2) is 7.37. The van der Waals surface area contributed by atoms with Crippen LogP contribution in [0.1, 0.15) is 56.1 Å². The summed E-state index contributed by atoms with van der Waals surface area (Å²) in [4.78, 5) is 36.9. The standard InChI is InChI=1S/C18H27N5O2/c1-4-16(25)22-8-5-13(6-9-22)17-20-15-11-23(12(2)24)10-7-14(15)18(19-3)21-17/h13H,4-11H2,1-3H3,(H,19,20,21). The van der Waals surface area contributed by atoms with Gasteiger partial charge < -0.3 is 15.1 Å². The van der Waals surface area contributed by atoms with Gasteiger partial charge in [0.2, 0.25) is 11.8 Å². The van der Waals surface area contributed by atoms with Crippen LogP contribution < -0.4 is 5.32 Å². The van der Waals surface area contributed by atoms with E-state index in [2.05, 4.69) is 5.32 Å². The summed E-state index contributed by atoms with van der Waals surface area (Å²) in [5.74, 6) is 2.31. The minimum Gasteiger partial charge on any atom is -0.373 e. The molecular formula is C18H27N5O2. The Hall–Kier alpha value is -2.18. The SMILES string of the molecule is CCC(=O)N1CCC(c2nc3c(c(NC)n2)CCN(C(C)=O)C3)CC1. The van der Waals surface area contributed by atoms with Gasteiger partial charge in [0.1, 0.15) is 11.6 Å². The van der Waals surface area contributed by atoms with Crippen LogP contribution in [0.15, 0.2) is 0 Å². The Morgan fingerprint density at radius 1 is 1.16 bits per heavy atom. The zero-order valence-corrected chi connectivity index (χ0v) is 15.3. The van der Waals surface area contributed by atoms with Gasteiger partial charge in [-0.05, 0) is 19.3 Å². The van der Waals surface area contributed by atoms with E-state index >= 15 is 0 Å². The summed E-state index contributed by atoms with van der Waals surface area (Å²) < 4.78 is 0. The zero-order chi connectivity index (χ0) is 18.0. The number of nitrogens with zero attached hydrogens (tertiary/aromatic N) is 4. The molecule has 0 bridgehead atoms. The van der Waals surface area contributed by atoms with Gasteiger partial charge in [-0.1, -0.05) is 6.92 Å². The lowest BCUT2D eigenvalue weighted by Gasteiger charge is -2.33. The zero-order valence-electron chi connectivity index (χ0n) is 15.3. The first-order valence-electron chi connectivity index (χ1n) is 9.14. The van der Waals surface area contributed by atoms with Crippen LogP contribution in [-0.2, 0) is 22.6 Å². The summed E-state index contributed by atoms with van der Waals surface area (Å²) in [5.41, 5.74) is 2.09. The number of hydrogen-bond donors (Lipinski definition) is 1. The highest BCUT2D eigenvalue weighted by Crippen LogP contribution is 2.30. The fourth-order valence-corrected chi connectivity index (χ4v) is 3.72. The van der Waals surface area contributed by atoms with Crippen molar-refractivity contribution in [1.82, 2.24) is 19.8 Å². The van der Waals surface area contributed by atoms with Gasteiger partial charge in [-0.3, -0.25) is 9.59 Å². The van der Waals surface area contributed by atoms with Crippen LogP contribution in [0, 0.1) is 0 Å². The second-order valence-electron chi connectivity index (χ2n) is 6.80. The molecule has 0 atom stereocenters. The average molecular weight is 345 g/mol. The lowest BCUT2D eigenvalue weighted by molar-refractivity contribution is -0.132. The van der Waals surface area contributed by atoms with Crippen molar-refractivity contribution in [3.63, 3.8) is 0 Å². The largest absolute Gasteiger partial charge is 0.373 e. The van der Waals surface area contributed by atoms with E-state index in [1.165, 1.54) is 0 Å². The molecule has 7 heteroatoms. The van der Waals surface area contributed by atoms with E-state index in [9.17, 15) is 9.59 Å². The van der Waals surface area contributed by atoms with E-state index in [0.717, 1.165) is 61.8 Å². The van der Waals surface area contributed by atoms with Crippen molar-refractivity contribution in [3.8, 4) is 0 Å². The minimum absolute atomic E-state index is 0.0863. The molecule has 0 aromatic carbocycles. The molecule has 136 valence electrons. The summed E-state index contributed by atoms with van der Waals surface area (Å²) in [6, 6.07) is 0. The summed E-state index contributed by atoms with van der Waals surface area (Å²) in [6.45, 7) is 6.32. The van der Waals surface area contributed by atoms with Crippen LogP contribution in [-0.4, -0.2) is 58.3 Å². The van der Waals surface area contributed by atoms with Crippen LogP contribution in [0.25, 0.3) is 0 Å². The maximum absolute atomic E-state index is 11.8. The van der Waals surface area contributed by atoms with Crippen molar-refractivity contribution in [2.45, 2.75) is 52.0 Å². The molecule has 2 aliphatic heterocycles. The molecule has 2 aliphatic rings. The van der Waals surface area contributed by atoms with Gasteiger partial charge >= 0.3 is 0 Å². The van der Waals surface area contributed by atoms with Crippen LogP contribution in [0.4, 0.5) is 5.82 Å². The number of anilines is 1. The molecule has 0 unspecified atom stereocenters. The normalized spacial score (nSPS) is 18.0.